The van der Waals surface area contributed by atoms with E-state index in [-0.39, 0.29) is 13.0 Å². The molecule has 1 aromatic carbocycles. The van der Waals surface area contributed by atoms with Gasteiger partial charge in [-0.15, -0.1) is 0 Å². The van der Waals surface area contributed by atoms with Gasteiger partial charge >= 0.3 is 12.0 Å². The number of carbonyl (C=O) groups excluding carboxylic acids is 1. The molecule has 0 fully saturated rings. The number of aliphatic carboxylic acids is 1. The van der Waals surface area contributed by atoms with E-state index in [0.717, 1.165) is 22.4 Å². The van der Waals surface area contributed by atoms with Crippen molar-refractivity contribution in [2.75, 3.05) is 11.9 Å². The summed E-state index contributed by atoms with van der Waals surface area (Å²) in [4.78, 5) is 22.1. The molecular formula is C14H20N2O4. The molecule has 0 aliphatic heterocycles. The third kappa shape index (κ3) is 4.55. The summed E-state index contributed by atoms with van der Waals surface area (Å²) in [6.07, 6.45) is -1.49. The summed E-state index contributed by atoms with van der Waals surface area (Å²) >= 11 is 0. The summed E-state index contributed by atoms with van der Waals surface area (Å²) in [5, 5.41) is 22.8. The van der Waals surface area contributed by atoms with E-state index in [0.29, 0.717) is 0 Å². The molecule has 6 heteroatoms. The van der Waals surface area contributed by atoms with Gasteiger partial charge in [-0.3, -0.25) is 0 Å². The number of benzene rings is 1. The standard InChI is InChI=1S/C14H20N2O4/c1-8-6-9(2)12(10(3)7-8)16-14(20)15-5-4-11(17)13(18)19/h6-7,11,17H,4-5H2,1-3H3,(H,18,19)(H2,15,16,20). The monoisotopic (exact) mass is 280 g/mol. The average Bonchev–Trinajstić information content (AvgIpc) is 2.33. The molecule has 20 heavy (non-hydrogen) atoms. The molecule has 1 unspecified atom stereocenters. The molecule has 0 saturated heterocycles. The number of urea groups is 1. The van der Waals surface area contributed by atoms with Gasteiger partial charge in [0, 0.05) is 18.7 Å². The second-order valence-corrected chi connectivity index (χ2v) is 4.80. The van der Waals surface area contributed by atoms with Crippen LogP contribution < -0.4 is 10.6 Å². The fourth-order valence-electron chi connectivity index (χ4n) is 1.98. The van der Waals surface area contributed by atoms with Crippen LogP contribution in [-0.2, 0) is 4.79 Å². The van der Waals surface area contributed by atoms with Crippen molar-refractivity contribution in [2.45, 2.75) is 33.3 Å². The van der Waals surface area contributed by atoms with E-state index in [4.69, 9.17) is 10.2 Å². The minimum Gasteiger partial charge on any atom is -0.479 e. The van der Waals surface area contributed by atoms with E-state index in [1.807, 2.05) is 32.9 Å². The molecule has 0 saturated carbocycles. The van der Waals surface area contributed by atoms with Gasteiger partial charge in [0.15, 0.2) is 6.10 Å². The smallest absolute Gasteiger partial charge is 0.332 e. The average molecular weight is 280 g/mol. The number of hydrogen-bond donors (Lipinski definition) is 4. The molecule has 1 rings (SSSR count). The first kappa shape index (κ1) is 16.0. The van der Waals surface area contributed by atoms with Crippen LogP contribution in [0, 0.1) is 20.8 Å². The Hall–Kier alpha value is -2.08. The van der Waals surface area contributed by atoms with Gasteiger partial charge in [0.1, 0.15) is 0 Å². The van der Waals surface area contributed by atoms with Crippen LogP contribution in [0.2, 0.25) is 0 Å². The second-order valence-electron chi connectivity index (χ2n) is 4.80. The van der Waals surface area contributed by atoms with Crippen molar-refractivity contribution < 1.29 is 19.8 Å². The van der Waals surface area contributed by atoms with Crippen molar-refractivity contribution in [3.05, 3.63) is 28.8 Å². The Kier molecular flexibility index (Phi) is 5.52. The number of aliphatic hydroxyl groups excluding tert-OH is 1. The third-order valence-corrected chi connectivity index (χ3v) is 2.90. The first-order chi connectivity index (χ1) is 9.31. The molecule has 0 spiro atoms. The van der Waals surface area contributed by atoms with Gasteiger partial charge in [-0.1, -0.05) is 17.7 Å². The Morgan fingerprint density at radius 1 is 1.20 bits per heavy atom. The van der Waals surface area contributed by atoms with Crippen LogP contribution in [0.5, 0.6) is 0 Å². The van der Waals surface area contributed by atoms with Crippen LogP contribution in [0.15, 0.2) is 12.1 Å². The zero-order valence-corrected chi connectivity index (χ0v) is 11.9. The Labute approximate surface area is 117 Å². The minimum absolute atomic E-state index is 0.0331. The van der Waals surface area contributed by atoms with Gasteiger partial charge in [-0.05, 0) is 31.9 Å². The lowest BCUT2D eigenvalue weighted by Crippen LogP contribution is -2.33. The largest absolute Gasteiger partial charge is 0.479 e. The highest BCUT2D eigenvalue weighted by atomic mass is 16.4. The van der Waals surface area contributed by atoms with E-state index in [1.165, 1.54) is 0 Å². The summed E-state index contributed by atoms with van der Waals surface area (Å²) in [5.74, 6) is -1.29. The number of aryl methyl sites for hydroxylation is 3. The van der Waals surface area contributed by atoms with Crippen molar-refractivity contribution in [1.29, 1.82) is 0 Å². The summed E-state index contributed by atoms with van der Waals surface area (Å²) in [6, 6.07) is 3.52. The molecule has 0 aliphatic rings. The molecule has 0 heterocycles. The summed E-state index contributed by atoms with van der Waals surface area (Å²) in [7, 11) is 0. The summed E-state index contributed by atoms with van der Waals surface area (Å²) < 4.78 is 0. The van der Waals surface area contributed by atoms with E-state index in [1.54, 1.807) is 0 Å². The van der Waals surface area contributed by atoms with Crippen LogP contribution in [0.3, 0.4) is 0 Å². The topological polar surface area (TPSA) is 98.7 Å². The van der Waals surface area contributed by atoms with Crippen molar-refractivity contribution in [1.82, 2.24) is 5.32 Å². The number of amides is 2. The number of carboxylic acid groups (broad SMARTS) is 1. The molecule has 6 nitrogen and oxygen atoms in total. The zero-order valence-electron chi connectivity index (χ0n) is 11.9. The quantitative estimate of drug-likeness (QED) is 0.658. The van der Waals surface area contributed by atoms with Gasteiger partial charge in [-0.25, -0.2) is 9.59 Å². The zero-order chi connectivity index (χ0) is 15.3. The number of aliphatic hydroxyl groups is 1. The second kappa shape index (κ2) is 6.91. The number of anilines is 1. The SMILES string of the molecule is Cc1cc(C)c(NC(=O)NCCC(O)C(=O)O)c(C)c1. The Morgan fingerprint density at radius 3 is 2.25 bits per heavy atom. The number of carboxylic acids is 1. The molecule has 1 atom stereocenters. The highest BCUT2D eigenvalue weighted by Gasteiger charge is 2.13. The number of hydrogen-bond acceptors (Lipinski definition) is 3. The van der Waals surface area contributed by atoms with E-state index in [9.17, 15) is 9.59 Å². The Morgan fingerprint density at radius 2 is 1.75 bits per heavy atom. The lowest BCUT2D eigenvalue weighted by atomic mass is 10.1. The third-order valence-electron chi connectivity index (χ3n) is 2.90. The van der Waals surface area contributed by atoms with E-state index >= 15 is 0 Å². The van der Waals surface area contributed by atoms with Crippen LogP contribution in [0.25, 0.3) is 0 Å². The molecule has 0 aliphatic carbocycles. The maximum absolute atomic E-state index is 11.7. The number of carbonyl (C=O) groups is 2. The Balaban J connectivity index is 2.53. The maximum atomic E-state index is 11.7. The molecule has 0 radical (unpaired) electrons. The fraction of sp³-hybridized carbons (Fsp3) is 0.429. The van der Waals surface area contributed by atoms with Gasteiger partial charge < -0.3 is 20.8 Å². The molecule has 110 valence electrons. The van der Waals surface area contributed by atoms with Gasteiger partial charge in [0.05, 0.1) is 0 Å². The molecule has 0 aromatic heterocycles. The number of rotatable bonds is 5. The highest BCUT2D eigenvalue weighted by molar-refractivity contribution is 5.91. The van der Waals surface area contributed by atoms with Crippen LogP contribution in [-0.4, -0.2) is 34.9 Å². The summed E-state index contributed by atoms with van der Waals surface area (Å²) in [6.45, 7) is 5.88. The predicted molar refractivity (Wildman–Crippen MR) is 75.9 cm³/mol. The highest BCUT2D eigenvalue weighted by Crippen LogP contribution is 2.21. The van der Waals surface area contributed by atoms with Crippen LogP contribution in [0.1, 0.15) is 23.1 Å². The van der Waals surface area contributed by atoms with Crippen molar-refractivity contribution >= 4 is 17.7 Å². The van der Waals surface area contributed by atoms with Crippen molar-refractivity contribution in [3.8, 4) is 0 Å². The first-order valence-corrected chi connectivity index (χ1v) is 6.35. The summed E-state index contributed by atoms with van der Waals surface area (Å²) in [5.41, 5.74) is 3.79. The van der Waals surface area contributed by atoms with Gasteiger partial charge in [0.25, 0.3) is 0 Å². The minimum atomic E-state index is -1.46. The molecular weight excluding hydrogens is 260 g/mol. The lowest BCUT2D eigenvalue weighted by Gasteiger charge is -2.14. The number of nitrogens with one attached hydrogen (secondary N) is 2. The predicted octanol–water partition coefficient (Wildman–Crippen LogP) is 1.57. The fourth-order valence-corrected chi connectivity index (χ4v) is 1.98. The van der Waals surface area contributed by atoms with E-state index < -0.39 is 18.1 Å². The van der Waals surface area contributed by atoms with Crippen molar-refractivity contribution in [3.63, 3.8) is 0 Å². The molecule has 0 bridgehead atoms. The first-order valence-electron chi connectivity index (χ1n) is 6.35. The lowest BCUT2D eigenvalue weighted by molar-refractivity contribution is -0.146. The Bertz CT molecular complexity index is 491. The van der Waals surface area contributed by atoms with Gasteiger partial charge in [0.2, 0.25) is 0 Å². The van der Waals surface area contributed by atoms with Crippen molar-refractivity contribution in [2.24, 2.45) is 0 Å². The molecule has 1 aromatic rings. The van der Waals surface area contributed by atoms with Crippen LogP contribution in [0.4, 0.5) is 10.5 Å². The van der Waals surface area contributed by atoms with E-state index in [2.05, 4.69) is 10.6 Å². The molecule has 2 amide bonds. The molecule has 4 N–H and O–H groups in total. The maximum Gasteiger partial charge on any atom is 0.332 e. The normalized spacial score (nSPS) is 11.8. The van der Waals surface area contributed by atoms with Gasteiger partial charge in [-0.2, -0.15) is 0 Å². The van der Waals surface area contributed by atoms with Crippen LogP contribution >= 0.6 is 0 Å².